The predicted octanol–water partition coefficient (Wildman–Crippen LogP) is 5.43. The summed E-state index contributed by atoms with van der Waals surface area (Å²) in [5.74, 6) is 0.0949. The highest BCUT2D eigenvalue weighted by Gasteiger charge is 2.29. The van der Waals surface area contributed by atoms with Gasteiger partial charge >= 0.3 is 0 Å². The molecule has 1 N–H and O–H groups in total. The Bertz CT molecular complexity index is 1030. The number of benzene rings is 3. The van der Waals surface area contributed by atoms with Crippen molar-refractivity contribution in [2.45, 2.75) is 44.7 Å². The summed E-state index contributed by atoms with van der Waals surface area (Å²) in [5.41, 5.74) is 3.49. The Hall–Kier alpha value is -2.85. The molecule has 1 aliphatic carbocycles. The quantitative estimate of drug-likeness (QED) is 0.535. The van der Waals surface area contributed by atoms with Crippen LogP contribution in [-0.2, 0) is 11.3 Å². The fourth-order valence-electron chi connectivity index (χ4n) is 4.68. The van der Waals surface area contributed by atoms with E-state index in [1.807, 2.05) is 12.1 Å². The van der Waals surface area contributed by atoms with Crippen LogP contribution >= 0.6 is 0 Å². The van der Waals surface area contributed by atoms with E-state index in [0.717, 1.165) is 31.9 Å². The summed E-state index contributed by atoms with van der Waals surface area (Å²) in [4.78, 5) is 17.5. The molecule has 2 aliphatic rings. The second-order valence-electron chi connectivity index (χ2n) is 8.88. The van der Waals surface area contributed by atoms with Gasteiger partial charge in [-0.05, 0) is 66.3 Å². The molecule has 160 valence electrons. The molecule has 0 unspecified atom stereocenters. The molecule has 3 aromatic carbocycles. The van der Waals surface area contributed by atoms with Crippen LogP contribution in [0.5, 0.6) is 0 Å². The molecule has 1 saturated heterocycles. The second kappa shape index (κ2) is 9.11. The van der Waals surface area contributed by atoms with Crippen LogP contribution in [-0.4, -0.2) is 36.5 Å². The smallest absolute Gasteiger partial charge is 0.225 e. The highest BCUT2D eigenvalue weighted by molar-refractivity contribution is 5.91. The first kappa shape index (κ1) is 20.1. The van der Waals surface area contributed by atoms with Gasteiger partial charge in [-0.15, -0.1) is 0 Å². The van der Waals surface area contributed by atoms with Crippen molar-refractivity contribution in [1.29, 1.82) is 0 Å². The number of amides is 1. The van der Waals surface area contributed by atoms with Gasteiger partial charge in [0.1, 0.15) is 0 Å². The number of anilines is 2. The van der Waals surface area contributed by atoms with Crippen LogP contribution in [0.1, 0.15) is 37.7 Å². The van der Waals surface area contributed by atoms with Crippen molar-refractivity contribution in [2.75, 3.05) is 29.9 Å². The third-order valence-corrected chi connectivity index (χ3v) is 6.56. The van der Waals surface area contributed by atoms with Crippen molar-refractivity contribution >= 4 is 28.1 Å². The zero-order valence-corrected chi connectivity index (χ0v) is 18.1. The van der Waals surface area contributed by atoms with E-state index in [1.165, 1.54) is 47.7 Å². The van der Waals surface area contributed by atoms with E-state index >= 15 is 0 Å². The summed E-state index contributed by atoms with van der Waals surface area (Å²) < 4.78 is 0. The number of nitrogens with one attached hydrogen (secondary N) is 1. The SMILES string of the molecule is O=C(CCN(Cc1cccc2ccccc12)C1CC1)Nc1ccc(N2CCCC2)cc1. The van der Waals surface area contributed by atoms with Crippen LogP contribution in [0.4, 0.5) is 11.4 Å². The topological polar surface area (TPSA) is 35.6 Å². The van der Waals surface area contributed by atoms with Gasteiger partial charge in [0.15, 0.2) is 0 Å². The number of carbonyl (C=O) groups excluding carboxylic acids is 1. The average Bonchev–Trinajstić information content (AvgIpc) is 3.50. The monoisotopic (exact) mass is 413 g/mol. The van der Waals surface area contributed by atoms with Gasteiger partial charge in [-0.1, -0.05) is 42.5 Å². The summed E-state index contributed by atoms with van der Waals surface area (Å²) >= 11 is 0. The first-order valence-electron chi connectivity index (χ1n) is 11.6. The van der Waals surface area contributed by atoms with Crippen LogP contribution in [0.3, 0.4) is 0 Å². The molecule has 1 heterocycles. The van der Waals surface area contributed by atoms with E-state index in [1.54, 1.807) is 0 Å². The normalized spacial score (nSPS) is 16.2. The second-order valence-corrected chi connectivity index (χ2v) is 8.88. The van der Waals surface area contributed by atoms with Gasteiger partial charge in [-0.25, -0.2) is 0 Å². The average molecular weight is 414 g/mol. The van der Waals surface area contributed by atoms with Crippen LogP contribution < -0.4 is 10.2 Å². The molecule has 0 radical (unpaired) electrons. The number of nitrogens with zero attached hydrogens (tertiary/aromatic N) is 2. The van der Waals surface area contributed by atoms with Crippen molar-refractivity contribution in [3.05, 3.63) is 72.3 Å². The molecule has 0 aromatic heterocycles. The van der Waals surface area contributed by atoms with Crippen LogP contribution in [0.15, 0.2) is 66.7 Å². The number of rotatable bonds is 8. The van der Waals surface area contributed by atoms with Crippen LogP contribution in [0, 0.1) is 0 Å². The molecule has 4 heteroatoms. The van der Waals surface area contributed by atoms with E-state index in [2.05, 4.69) is 69.7 Å². The molecule has 1 aliphatic heterocycles. The minimum absolute atomic E-state index is 0.0949. The van der Waals surface area contributed by atoms with Crippen molar-refractivity contribution in [1.82, 2.24) is 4.90 Å². The Labute approximate surface area is 184 Å². The van der Waals surface area contributed by atoms with Gasteiger partial charge in [0.05, 0.1) is 0 Å². The zero-order chi connectivity index (χ0) is 21.0. The van der Waals surface area contributed by atoms with Gasteiger partial charge in [0, 0.05) is 50.0 Å². The van der Waals surface area contributed by atoms with Crippen molar-refractivity contribution < 1.29 is 4.79 Å². The number of fused-ring (bicyclic) bond motifs is 1. The third kappa shape index (κ3) is 4.91. The molecule has 31 heavy (non-hydrogen) atoms. The molecule has 4 nitrogen and oxygen atoms in total. The Balaban J connectivity index is 1.18. The van der Waals surface area contributed by atoms with E-state index < -0.39 is 0 Å². The van der Waals surface area contributed by atoms with Crippen molar-refractivity contribution in [3.8, 4) is 0 Å². The first-order chi connectivity index (χ1) is 15.3. The maximum Gasteiger partial charge on any atom is 0.225 e. The standard InChI is InChI=1S/C27H31N3O/c31-27(28-23-10-12-24(13-11-23)29-17-3-4-18-29)16-19-30(25-14-15-25)20-22-8-5-7-21-6-1-2-9-26(21)22/h1-2,5-13,25H,3-4,14-20H2,(H,28,31). The molecule has 0 spiro atoms. The van der Waals surface area contributed by atoms with E-state index in [-0.39, 0.29) is 5.91 Å². The van der Waals surface area contributed by atoms with Gasteiger partial charge in [0.2, 0.25) is 5.91 Å². The van der Waals surface area contributed by atoms with Crippen molar-refractivity contribution in [3.63, 3.8) is 0 Å². The number of hydrogen-bond acceptors (Lipinski definition) is 3. The van der Waals surface area contributed by atoms with E-state index in [9.17, 15) is 4.79 Å². The van der Waals surface area contributed by atoms with Gasteiger partial charge in [0.25, 0.3) is 0 Å². The molecular weight excluding hydrogens is 382 g/mol. The van der Waals surface area contributed by atoms with E-state index in [4.69, 9.17) is 0 Å². The third-order valence-electron chi connectivity index (χ3n) is 6.56. The highest BCUT2D eigenvalue weighted by atomic mass is 16.1. The molecule has 1 saturated carbocycles. The maximum atomic E-state index is 12.6. The highest BCUT2D eigenvalue weighted by Crippen LogP contribution is 2.30. The zero-order valence-electron chi connectivity index (χ0n) is 18.1. The summed E-state index contributed by atoms with van der Waals surface area (Å²) in [6, 6.07) is 24.0. The Morgan fingerprint density at radius 3 is 2.45 bits per heavy atom. The molecule has 1 amide bonds. The predicted molar refractivity (Wildman–Crippen MR) is 129 cm³/mol. The number of hydrogen-bond donors (Lipinski definition) is 1. The first-order valence-corrected chi connectivity index (χ1v) is 11.6. The molecule has 3 aromatic rings. The lowest BCUT2D eigenvalue weighted by atomic mass is 10.0. The fourth-order valence-corrected chi connectivity index (χ4v) is 4.68. The summed E-state index contributed by atoms with van der Waals surface area (Å²) in [6.07, 6.45) is 5.55. The Morgan fingerprint density at radius 1 is 0.935 bits per heavy atom. The molecule has 5 rings (SSSR count). The Morgan fingerprint density at radius 2 is 1.68 bits per heavy atom. The molecule has 0 bridgehead atoms. The lowest BCUT2D eigenvalue weighted by molar-refractivity contribution is -0.116. The van der Waals surface area contributed by atoms with Crippen LogP contribution in [0.25, 0.3) is 10.8 Å². The molecular formula is C27H31N3O. The lowest BCUT2D eigenvalue weighted by Crippen LogP contribution is -2.29. The maximum absolute atomic E-state index is 12.6. The van der Waals surface area contributed by atoms with Gasteiger partial charge in [-0.3, -0.25) is 9.69 Å². The van der Waals surface area contributed by atoms with Crippen molar-refractivity contribution in [2.24, 2.45) is 0 Å². The summed E-state index contributed by atoms with van der Waals surface area (Å²) in [5, 5.41) is 5.68. The number of carbonyl (C=O) groups is 1. The fraction of sp³-hybridized carbons (Fsp3) is 0.370. The largest absolute Gasteiger partial charge is 0.372 e. The minimum Gasteiger partial charge on any atom is -0.372 e. The Kier molecular flexibility index (Phi) is 5.90. The van der Waals surface area contributed by atoms with E-state index in [0.29, 0.717) is 12.5 Å². The summed E-state index contributed by atoms with van der Waals surface area (Å²) in [7, 11) is 0. The van der Waals surface area contributed by atoms with Gasteiger partial charge in [-0.2, -0.15) is 0 Å². The van der Waals surface area contributed by atoms with Gasteiger partial charge < -0.3 is 10.2 Å². The minimum atomic E-state index is 0.0949. The molecule has 2 fully saturated rings. The summed E-state index contributed by atoms with van der Waals surface area (Å²) in [6.45, 7) is 3.98. The van der Waals surface area contributed by atoms with Crippen LogP contribution in [0.2, 0.25) is 0 Å². The molecule has 0 atom stereocenters. The lowest BCUT2D eigenvalue weighted by Gasteiger charge is -2.23.